The standard InChI is InChI=1S/C23H33NO4.C16H24O3.C10H20O2.C7H14O2.2C5H12.15CH4/c1-6-22(4,5)17-11-12-23(15(3)13-17)19(28-23)20(25)24(7-2)18-10-8-9-16(14-18)21(26)27;1-5-16(3,4)13-8-9-14(12(2)11-13)19-10-6-7-15(17)18;1-6-8(2)7-10(3,4)9(11)12-5;1-5-7(2,3)6(8)9-4;2*1-4-5(2)3;;;;;;;;;;;;;;;/h8-10,14-15,17,19H,6-7,11-13H2,1-5H3,(H,26,27);8-9,11H,5-7,10H2,1-4H3,(H,17,18);8H,6-7H2,1-5H3;5H2,1-4H3;2*5H,4H2,1-3H3;15*1H4. The number of carbonyl (C=O) groups is 5. The normalized spacial score (nSPS) is 15.1. The molecule has 2 N–H and O–H groups in total. The lowest BCUT2D eigenvalue weighted by Gasteiger charge is -2.41. The molecule has 1 amide bonds. The van der Waals surface area contributed by atoms with Gasteiger partial charge in [0, 0.05) is 18.7 Å². The Morgan fingerprint density at radius 2 is 1.09 bits per heavy atom. The van der Waals surface area contributed by atoms with E-state index in [0.717, 1.165) is 74.5 Å². The highest BCUT2D eigenvalue weighted by Crippen LogP contribution is 2.56. The first-order valence-corrected chi connectivity index (χ1v) is 29.5. The molecule has 2 aromatic carbocycles. The summed E-state index contributed by atoms with van der Waals surface area (Å²) < 4.78 is 21.0. The highest BCUT2D eigenvalue weighted by molar-refractivity contribution is 6.00. The van der Waals surface area contributed by atoms with E-state index in [1.54, 1.807) is 23.1 Å². The lowest BCUT2D eigenvalue weighted by atomic mass is 9.63. The molecule has 1 saturated carbocycles. The van der Waals surface area contributed by atoms with Gasteiger partial charge >= 0.3 is 23.9 Å². The average molecular weight is 1340 g/mol. The number of hydrogen-bond donors (Lipinski definition) is 2. The quantitative estimate of drug-likeness (QED) is 0.0693. The van der Waals surface area contributed by atoms with E-state index in [0.29, 0.717) is 48.4 Å². The number of methoxy groups -OCH3 is 2. The van der Waals surface area contributed by atoms with Crippen LogP contribution in [0.15, 0.2) is 42.5 Å². The van der Waals surface area contributed by atoms with Crippen molar-refractivity contribution in [2.24, 2.45) is 45.8 Å². The molecule has 12 heteroatoms. The number of ether oxygens (including phenoxy) is 4. The second-order valence-electron chi connectivity index (χ2n) is 25.1. The van der Waals surface area contributed by atoms with Crippen LogP contribution >= 0.6 is 0 Å². The molecule has 0 bridgehead atoms. The number of amides is 1. The first-order chi connectivity index (χ1) is 36.0. The number of aliphatic carboxylic acids is 1. The fraction of sp³-hybridized carbons (Fsp3) is 0.790. The third kappa shape index (κ3) is 47.2. The number of esters is 2. The number of carbonyl (C=O) groups excluding carboxylic acids is 3. The predicted molar refractivity (Wildman–Crippen MR) is 424 cm³/mol. The maximum Gasteiger partial charge on any atom is 0.335 e. The Labute approximate surface area is 586 Å². The van der Waals surface area contributed by atoms with Gasteiger partial charge in [0.05, 0.1) is 37.2 Å². The minimum absolute atomic E-state index is 0. The van der Waals surface area contributed by atoms with Crippen LogP contribution in [-0.4, -0.2) is 79.1 Å². The number of nitrogens with zero attached hydrogens (tertiary/aromatic N) is 1. The van der Waals surface area contributed by atoms with Crippen molar-refractivity contribution in [2.45, 2.75) is 358 Å². The summed E-state index contributed by atoms with van der Waals surface area (Å²) in [5.74, 6) is 2.14. The lowest BCUT2D eigenvalue weighted by molar-refractivity contribution is -0.152. The SMILES string of the molecule is C.C.C.C.C.C.C.C.C.C.C.C.C.C.C.CCC(C)(C)C(=O)OC.CCC(C)(C)c1ccc(OCCCC(=O)O)c(C)c1.CCC(C)C.CCC(C)C.CCC(C)CC(C)(C)C(=O)OC.CCN(C(=O)C1OC12CCC(C(C)(C)CC)CC2C)c1cccc(C(=O)O)c1. The molecule has 1 aliphatic carbocycles. The molecule has 0 aromatic heterocycles. The van der Waals surface area contributed by atoms with Crippen molar-refractivity contribution in [3.05, 3.63) is 59.2 Å². The molecule has 1 saturated heterocycles. The highest BCUT2D eigenvalue weighted by atomic mass is 16.6. The number of aryl methyl sites for hydroxylation is 1. The zero-order valence-corrected chi connectivity index (χ0v) is 53.9. The van der Waals surface area contributed by atoms with Crippen LogP contribution in [0.5, 0.6) is 5.75 Å². The molecule has 2 aliphatic rings. The summed E-state index contributed by atoms with van der Waals surface area (Å²) in [6.07, 6.45) is 11.1. The zero-order chi connectivity index (χ0) is 61.0. The van der Waals surface area contributed by atoms with Crippen molar-refractivity contribution in [1.29, 1.82) is 0 Å². The van der Waals surface area contributed by atoms with Gasteiger partial charge in [-0.25, -0.2) is 4.79 Å². The van der Waals surface area contributed by atoms with Crippen LogP contribution in [0.25, 0.3) is 0 Å². The highest BCUT2D eigenvalue weighted by Gasteiger charge is 2.66. The van der Waals surface area contributed by atoms with Crippen LogP contribution in [-0.2, 0) is 38.8 Å². The van der Waals surface area contributed by atoms with Gasteiger partial charge in [-0.1, -0.05) is 266 Å². The summed E-state index contributed by atoms with van der Waals surface area (Å²) in [5, 5.41) is 17.8. The molecular weight excluding hydrogens is 1160 g/mol. The van der Waals surface area contributed by atoms with Gasteiger partial charge in [-0.3, -0.25) is 19.2 Å². The third-order valence-corrected chi connectivity index (χ3v) is 16.5. The Kier molecular flexibility index (Phi) is 90.7. The first-order valence-electron chi connectivity index (χ1n) is 29.5. The van der Waals surface area contributed by atoms with E-state index in [9.17, 15) is 29.1 Å². The van der Waals surface area contributed by atoms with E-state index in [4.69, 9.17) is 19.3 Å². The Bertz CT molecular complexity index is 2070. The molecule has 12 nitrogen and oxygen atoms in total. The van der Waals surface area contributed by atoms with E-state index in [1.807, 2.05) is 54.5 Å². The van der Waals surface area contributed by atoms with Gasteiger partial charge in [0.1, 0.15) is 11.4 Å². The summed E-state index contributed by atoms with van der Waals surface area (Å²) in [7, 11) is 2.86. The predicted octanol–water partition coefficient (Wildman–Crippen LogP) is 26.5. The Hall–Kier alpha value is -4.45. The van der Waals surface area contributed by atoms with Gasteiger partial charge in [-0.05, 0) is 162 Å². The van der Waals surface area contributed by atoms with E-state index >= 15 is 0 Å². The maximum atomic E-state index is 13.2. The smallest absolute Gasteiger partial charge is 0.335 e. The van der Waals surface area contributed by atoms with Crippen LogP contribution in [0.4, 0.5) is 5.69 Å². The van der Waals surface area contributed by atoms with Gasteiger partial charge in [-0.2, -0.15) is 0 Å². The number of epoxide rings is 1. The van der Waals surface area contributed by atoms with Crippen LogP contribution in [0.3, 0.4) is 0 Å². The second-order valence-corrected chi connectivity index (χ2v) is 25.1. The molecule has 5 unspecified atom stereocenters. The molecule has 0 radical (unpaired) electrons. The van der Waals surface area contributed by atoms with Gasteiger partial charge in [0.25, 0.3) is 5.91 Å². The molecule has 5 atom stereocenters. The first kappa shape index (κ1) is 133. The number of carboxylic acid groups (broad SMARTS) is 2. The monoisotopic (exact) mass is 1340 g/mol. The van der Waals surface area contributed by atoms with Gasteiger partial charge in [-0.15, -0.1) is 0 Å². The average Bonchev–Trinajstić information content (AvgIpc) is 4.13. The van der Waals surface area contributed by atoms with Crippen LogP contribution in [0.1, 0.15) is 355 Å². The molecule has 4 rings (SSSR count). The molecule has 93 heavy (non-hydrogen) atoms. The second kappa shape index (κ2) is 63.6. The third-order valence-electron chi connectivity index (χ3n) is 16.5. The fourth-order valence-electron chi connectivity index (χ4n) is 8.45. The summed E-state index contributed by atoms with van der Waals surface area (Å²) >= 11 is 0. The minimum atomic E-state index is -0.991. The largest absolute Gasteiger partial charge is 0.493 e. The molecule has 1 spiro atoms. The summed E-state index contributed by atoms with van der Waals surface area (Å²) in [5.41, 5.74) is 2.73. The number of carboxylic acids is 2. The molecule has 1 heterocycles. The number of likely N-dealkylation sites (N-methyl/N-ethyl adjacent to an activating group) is 1. The van der Waals surface area contributed by atoms with Gasteiger partial charge in [0.15, 0.2) is 6.10 Å². The van der Waals surface area contributed by atoms with Crippen molar-refractivity contribution < 1.29 is 53.1 Å². The number of hydrogen-bond acceptors (Lipinski definition) is 9. The van der Waals surface area contributed by atoms with Crippen molar-refractivity contribution >= 4 is 35.5 Å². The number of anilines is 1. The van der Waals surface area contributed by atoms with E-state index in [2.05, 4.69) is 121 Å². The number of aromatic carboxylic acids is 1. The molecule has 1 aliphatic heterocycles. The Morgan fingerprint density at radius 1 is 0.634 bits per heavy atom. The maximum absolute atomic E-state index is 13.2. The minimum Gasteiger partial charge on any atom is -0.493 e. The van der Waals surface area contributed by atoms with Gasteiger partial charge in [0.2, 0.25) is 0 Å². The van der Waals surface area contributed by atoms with Crippen LogP contribution < -0.4 is 9.64 Å². The van der Waals surface area contributed by atoms with Gasteiger partial charge < -0.3 is 34.1 Å². The summed E-state index contributed by atoms with van der Waals surface area (Å²) in [6.45, 7) is 47.8. The van der Waals surface area contributed by atoms with Crippen molar-refractivity contribution in [1.82, 2.24) is 0 Å². The summed E-state index contributed by atoms with van der Waals surface area (Å²) in [6, 6.07) is 12.8. The fourth-order valence-corrected chi connectivity index (χ4v) is 8.45. The van der Waals surface area contributed by atoms with Crippen molar-refractivity contribution in [2.75, 3.05) is 32.3 Å². The number of rotatable bonds is 21. The van der Waals surface area contributed by atoms with E-state index < -0.39 is 18.0 Å². The zero-order valence-electron chi connectivity index (χ0n) is 53.9. The molecule has 570 valence electrons. The number of benzene rings is 2. The Morgan fingerprint density at radius 3 is 1.42 bits per heavy atom. The van der Waals surface area contributed by atoms with Crippen LogP contribution in [0.2, 0.25) is 0 Å². The van der Waals surface area contributed by atoms with Crippen LogP contribution in [0, 0.1) is 52.8 Å². The Balaban J connectivity index is -0.0000000527. The van der Waals surface area contributed by atoms with E-state index in [1.165, 1.54) is 38.7 Å². The van der Waals surface area contributed by atoms with E-state index in [-0.39, 0.29) is 163 Å². The van der Waals surface area contributed by atoms with Crippen molar-refractivity contribution in [3.8, 4) is 5.75 Å². The van der Waals surface area contributed by atoms with Crippen molar-refractivity contribution in [3.63, 3.8) is 0 Å². The topological polar surface area (TPSA) is 169 Å². The molecule has 2 aromatic rings. The lowest BCUT2D eigenvalue weighted by Crippen LogP contribution is -2.42. The summed E-state index contributed by atoms with van der Waals surface area (Å²) in [4.78, 5) is 58.7. The molecular formula is C81H175NO11. The molecule has 2 fully saturated rings.